The molecule has 2 fully saturated rings. The number of nitrogens with two attached hydrogens (primary N) is 1. The number of nitrogens with one attached hydrogen (secondary N) is 1. The van der Waals surface area contributed by atoms with Crippen molar-refractivity contribution >= 4 is 5.96 Å². The molecule has 1 aliphatic carbocycles. The number of ether oxygens (including phenoxy) is 1. The van der Waals surface area contributed by atoms with Crippen molar-refractivity contribution in [1.82, 2.24) is 10.2 Å². The van der Waals surface area contributed by atoms with E-state index in [1.54, 1.807) is 0 Å². The van der Waals surface area contributed by atoms with E-state index in [1.807, 2.05) is 6.92 Å². The highest BCUT2D eigenvalue weighted by Crippen LogP contribution is 2.35. The van der Waals surface area contributed by atoms with E-state index in [0.717, 1.165) is 32.7 Å². The Morgan fingerprint density at radius 1 is 1.13 bits per heavy atom. The molecule has 5 nitrogen and oxygen atoms in total. The topological polar surface area (TPSA) is 62.9 Å². The Hall–Kier alpha value is -0.810. The first-order valence-electron chi connectivity index (χ1n) is 9.63. The summed E-state index contributed by atoms with van der Waals surface area (Å²) in [4.78, 5) is 7.44. The fourth-order valence-corrected chi connectivity index (χ4v) is 3.98. The van der Waals surface area contributed by atoms with Gasteiger partial charge in [0.2, 0.25) is 0 Å². The monoisotopic (exact) mass is 324 g/mol. The Labute approximate surface area is 142 Å². The zero-order chi connectivity index (χ0) is 16.4. The van der Waals surface area contributed by atoms with Crippen LogP contribution in [-0.2, 0) is 4.74 Å². The second-order valence-electron chi connectivity index (χ2n) is 7.01. The minimum Gasteiger partial charge on any atom is -0.382 e. The van der Waals surface area contributed by atoms with Crippen molar-refractivity contribution in [2.24, 2.45) is 10.7 Å². The minimum atomic E-state index is 0.274. The lowest BCUT2D eigenvalue weighted by atomic mass is 9.79. The molecule has 23 heavy (non-hydrogen) atoms. The van der Waals surface area contributed by atoms with Crippen molar-refractivity contribution in [3.63, 3.8) is 0 Å². The van der Waals surface area contributed by atoms with Crippen molar-refractivity contribution in [3.05, 3.63) is 0 Å². The lowest BCUT2D eigenvalue weighted by Gasteiger charge is -2.47. The molecule has 1 saturated heterocycles. The van der Waals surface area contributed by atoms with Gasteiger partial charge in [0.15, 0.2) is 5.96 Å². The van der Waals surface area contributed by atoms with Gasteiger partial charge in [-0.3, -0.25) is 9.89 Å². The Morgan fingerprint density at radius 2 is 1.83 bits per heavy atom. The summed E-state index contributed by atoms with van der Waals surface area (Å²) < 4.78 is 5.34. The summed E-state index contributed by atoms with van der Waals surface area (Å²) in [5, 5.41) is 3.23. The summed E-state index contributed by atoms with van der Waals surface area (Å²) in [7, 11) is 0. The van der Waals surface area contributed by atoms with Crippen molar-refractivity contribution in [2.45, 2.75) is 70.3 Å². The molecule has 0 aromatic rings. The number of piperidine rings is 1. The van der Waals surface area contributed by atoms with Crippen LogP contribution in [0.15, 0.2) is 4.99 Å². The lowest BCUT2D eigenvalue weighted by Crippen LogP contribution is -2.54. The van der Waals surface area contributed by atoms with Crippen molar-refractivity contribution in [3.8, 4) is 0 Å². The molecule has 0 bridgehead atoms. The fourth-order valence-electron chi connectivity index (χ4n) is 3.98. The molecule has 0 radical (unpaired) electrons. The average molecular weight is 325 g/mol. The molecule has 0 unspecified atom stereocenters. The van der Waals surface area contributed by atoms with Crippen LogP contribution in [-0.4, -0.2) is 55.8 Å². The van der Waals surface area contributed by atoms with Crippen molar-refractivity contribution in [2.75, 3.05) is 39.4 Å². The van der Waals surface area contributed by atoms with Gasteiger partial charge in [-0.25, -0.2) is 0 Å². The van der Waals surface area contributed by atoms with Gasteiger partial charge in [-0.05, 0) is 52.1 Å². The van der Waals surface area contributed by atoms with Crippen molar-refractivity contribution < 1.29 is 4.74 Å². The molecule has 2 rings (SSSR count). The van der Waals surface area contributed by atoms with E-state index < -0.39 is 0 Å². The van der Waals surface area contributed by atoms with Crippen molar-refractivity contribution in [1.29, 1.82) is 0 Å². The molecule has 0 amide bonds. The van der Waals surface area contributed by atoms with Crippen LogP contribution in [0.25, 0.3) is 0 Å². The first-order chi connectivity index (χ1) is 11.3. The van der Waals surface area contributed by atoms with Gasteiger partial charge < -0.3 is 15.8 Å². The summed E-state index contributed by atoms with van der Waals surface area (Å²) >= 11 is 0. The number of likely N-dealkylation sites (tertiary alicyclic amines) is 1. The second-order valence-corrected chi connectivity index (χ2v) is 7.01. The Balaban J connectivity index is 1.83. The molecule has 0 atom stereocenters. The summed E-state index contributed by atoms with van der Waals surface area (Å²) in [5.41, 5.74) is 6.35. The number of rotatable bonds is 8. The highest BCUT2D eigenvalue weighted by atomic mass is 16.5. The highest BCUT2D eigenvalue weighted by molar-refractivity contribution is 5.77. The van der Waals surface area contributed by atoms with Gasteiger partial charge in [-0.1, -0.05) is 25.7 Å². The van der Waals surface area contributed by atoms with Crippen LogP contribution in [0.5, 0.6) is 0 Å². The van der Waals surface area contributed by atoms with E-state index in [0.29, 0.717) is 5.96 Å². The molecule has 1 heterocycles. The number of aliphatic imine (C=N–C) groups is 1. The van der Waals surface area contributed by atoms with E-state index in [-0.39, 0.29) is 5.54 Å². The molecule has 1 saturated carbocycles. The maximum Gasteiger partial charge on any atom is 0.188 e. The molecule has 3 N–H and O–H groups in total. The molecule has 0 aromatic heterocycles. The lowest BCUT2D eigenvalue weighted by molar-refractivity contribution is 0.0407. The van der Waals surface area contributed by atoms with Gasteiger partial charge >= 0.3 is 0 Å². The SMILES string of the molecule is CCOCCCNC(N)=NCC1(N2CCCCC2)CCCCC1. The molecule has 0 spiro atoms. The number of guanidine groups is 1. The van der Waals surface area contributed by atoms with E-state index >= 15 is 0 Å². The zero-order valence-corrected chi connectivity index (χ0v) is 15.0. The summed E-state index contributed by atoms with van der Waals surface area (Å²) in [6.45, 7) is 7.78. The van der Waals surface area contributed by atoms with Gasteiger partial charge in [0.25, 0.3) is 0 Å². The number of nitrogens with zero attached hydrogens (tertiary/aromatic N) is 2. The predicted molar refractivity (Wildman–Crippen MR) is 96.8 cm³/mol. The van der Waals surface area contributed by atoms with E-state index in [2.05, 4.69) is 10.2 Å². The summed E-state index contributed by atoms with van der Waals surface area (Å²) in [6, 6.07) is 0. The zero-order valence-electron chi connectivity index (χ0n) is 15.0. The van der Waals surface area contributed by atoms with E-state index in [1.165, 1.54) is 64.5 Å². The Bertz CT molecular complexity index is 347. The van der Waals surface area contributed by atoms with Crippen LogP contribution in [0, 0.1) is 0 Å². The fraction of sp³-hybridized carbons (Fsp3) is 0.944. The Morgan fingerprint density at radius 3 is 2.52 bits per heavy atom. The first-order valence-corrected chi connectivity index (χ1v) is 9.63. The van der Waals surface area contributed by atoms with Gasteiger partial charge in [0.1, 0.15) is 0 Å². The number of hydrogen-bond acceptors (Lipinski definition) is 3. The number of hydrogen-bond donors (Lipinski definition) is 2. The van der Waals surface area contributed by atoms with Crippen LogP contribution in [0.2, 0.25) is 0 Å². The maximum atomic E-state index is 6.07. The molecule has 0 aromatic carbocycles. The van der Waals surface area contributed by atoms with Crippen LogP contribution in [0.1, 0.15) is 64.7 Å². The van der Waals surface area contributed by atoms with Crippen LogP contribution < -0.4 is 11.1 Å². The van der Waals surface area contributed by atoms with E-state index in [4.69, 9.17) is 15.5 Å². The second kappa shape index (κ2) is 10.1. The van der Waals surface area contributed by atoms with Crippen LogP contribution >= 0.6 is 0 Å². The van der Waals surface area contributed by atoms with Gasteiger partial charge in [0.05, 0.1) is 6.54 Å². The molecule has 2 aliphatic rings. The van der Waals surface area contributed by atoms with E-state index in [9.17, 15) is 0 Å². The average Bonchev–Trinajstić information content (AvgIpc) is 2.61. The van der Waals surface area contributed by atoms with Gasteiger partial charge in [0, 0.05) is 25.3 Å². The first kappa shape index (κ1) is 18.5. The maximum absolute atomic E-state index is 6.07. The summed E-state index contributed by atoms with van der Waals surface area (Å²) in [6.07, 6.45) is 11.7. The standard InChI is InChI=1S/C18H36N4O/c1-2-23-15-9-12-20-17(19)21-16-18(10-5-3-6-11-18)22-13-7-4-8-14-22/h2-16H2,1H3,(H3,19,20,21). The normalized spacial score (nSPS) is 22.9. The quantitative estimate of drug-likeness (QED) is 0.409. The Kier molecular flexibility index (Phi) is 8.17. The minimum absolute atomic E-state index is 0.274. The molecule has 1 aliphatic heterocycles. The summed E-state index contributed by atoms with van der Waals surface area (Å²) in [5.74, 6) is 0.600. The molecular formula is C18H36N4O. The van der Waals surface area contributed by atoms with Crippen LogP contribution in [0.3, 0.4) is 0 Å². The third-order valence-electron chi connectivity index (χ3n) is 5.33. The van der Waals surface area contributed by atoms with Gasteiger partial charge in [-0.2, -0.15) is 0 Å². The third-order valence-corrected chi connectivity index (χ3v) is 5.33. The largest absolute Gasteiger partial charge is 0.382 e. The molecule has 134 valence electrons. The van der Waals surface area contributed by atoms with Gasteiger partial charge in [-0.15, -0.1) is 0 Å². The molecular weight excluding hydrogens is 288 g/mol. The predicted octanol–water partition coefficient (Wildman–Crippen LogP) is 2.51. The molecule has 5 heteroatoms. The smallest absolute Gasteiger partial charge is 0.188 e. The highest BCUT2D eigenvalue weighted by Gasteiger charge is 2.38. The van der Waals surface area contributed by atoms with Crippen LogP contribution in [0.4, 0.5) is 0 Å². The third kappa shape index (κ3) is 5.96.